The molecule has 154 valence electrons. The number of ether oxygens (including phenoxy) is 2. The zero-order valence-corrected chi connectivity index (χ0v) is 18.6. The van der Waals surface area contributed by atoms with Gasteiger partial charge in [-0.3, -0.25) is 9.79 Å². The van der Waals surface area contributed by atoms with E-state index in [0.717, 1.165) is 12.0 Å². The first-order valence-corrected chi connectivity index (χ1v) is 8.65. The molecule has 0 aliphatic heterocycles. The summed E-state index contributed by atoms with van der Waals surface area (Å²) >= 11 is 0. The van der Waals surface area contributed by atoms with E-state index in [4.69, 9.17) is 13.9 Å². The third kappa shape index (κ3) is 7.29. The van der Waals surface area contributed by atoms with Crippen LogP contribution in [0.15, 0.2) is 46.0 Å². The number of aliphatic imine (C=N–C) groups is 1. The third-order valence-corrected chi connectivity index (χ3v) is 3.83. The van der Waals surface area contributed by atoms with E-state index in [1.54, 1.807) is 33.4 Å². The van der Waals surface area contributed by atoms with Gasteiger partial charge in [0.25, 0.3) is 5.91 Å². The molecular formula is C19H27IN4O4. The highest BCUT2D eigenvalue weighted by Crippen LogP contribution is 2.27. The number of halogens is 1. The smallest absolute Gasteiger partial charge is 0.287 e. The molecule has 0 aliphatic rings. The number of hydrogen-bond donors (Lipinski definition) is 3. The Balaban J connectivity index is 0.00000392. The van der Waals surface area contributed by atoms with Gasteiger partial charge in [0.2, 0.25) is 0 Å². The molecule has 9 heteroatoms. The van der Waals surface area contributed by atoms with E-state index in [0.29, 0.717) is 42.9 Å². The number of carbonyl (C=O) groups is 1. The molecule has 3 N–H and O–H groups in total. The van der Waals surface area contributed by atoms with Crippen LogP contribution >= 0.6 is 24.0 Å². The molecule has 0 spiro atoms. The van der Waals surface area contributed by atoms with Crippen molar-refractivity contribution in [3.05, 3.63) is 47.9 Å². The zero-order chi connectivity index (χ0) is 19.5. The summed E-state index contributed by atoms with van der Waals surface area (Å²) in [5.41, 5.74) is 1.13. The quantitative estimate of drug-likeness (QED) is 0.210. The van der Waals surface area contributed by atoms with Crippen molar-refractivity contribution in [3.63, 3.8) is 0 Å². The van der Waals surface area contributed by atoms with Crippen LogP contribution in [0.25, 0.3) is 0 Å². The SMILES string of the molecule is CN=C(NCCNC(=O)c1ccco1)NCCc1ccc(OC)c(OC)c1.I. The fourth-order valence-corrected chi connectivity index (χ4v) is 2.43. The van der Waals surface area contributed by atoms with E-state index >= 15 is 0 Å². The minimum absolute atomic E-state index is 0. The standard InChI is InChI=1S/C19H26N4O4.HI/c1-20-19(23-11-10-21-18(24)16-5-4-12-27-16)22-9-8-14-6-7-15(25-2)17(13-14)26-3;/h4-7,12-13H,8-11H2,1-3H3,(H,21,24)(H2,20,22,23);1H. The van der Waals surface area contributed by atoms with Crippen LogP contribution in [-0.2, 0) is 6.42 Å². The Kier molecular flexibility index (Phi) is 10.8. The normalized spacial score (nSPS) is 10.6. The molecule has 0 saturated carbocycles. The number of nitrogens with one attached hydrogen (secondary N) is 3. The molecule has 0 aliphatic carbocycles. The predicted molar refractivity (Wildman–Crippen MR) is 119 cm³/mol. The Morgan fingerprint density at radius 1 is 1.04 bits per heavy atom. The van der Waals surface area contributed by atoms with Gasteiger partial charge in [0.05, 0.1) is 20.5 Å². The Bertz CT molecular complexity index is 750. The van der Waals surface area contributed by atoms with Gasteiger partial charge in [0.15, 0.2) is 23.2 Å². The topological polar surface area (TPSA) is 97.1 Å². The lowest BCUT2D eigenvalue weighted by atomic mass is 10.1. The highest BCUT2D eigenvalue weighted by Gasteiger charge is 2.07. The summed E-state index contributed by atoms with van der Waals surface area (Å²) in [6.45, 7) is 1.70. The van der Waals surface area contributed by atoms with Crippen molar-refractivity contribution in [2.45, 2.75) is 6.42 Å². The highest BCUT2D eigenvalue weighted by atomic mass is 127. The zero-order valence-electron chi connectivity index (χ0n) is 16.3. The van der Waals surface area contributed by atoms with Crippen LogP contribution in [0, 0.1) is 0 Å². The van der Waals surface area contributed by atoms with Gasteiger partial charge < -0.3 is 29.8 Å². The molecule has 0 atom stereocenters. The van der Waals surface area contributed by atoms with Gasteiger partial charge in [-0.15, -0.1) is 24.0 Å². The van der Waals surface area contributed by atoms with E-state index < -0.39 is 0 Å². The van der Waals surface area contributed by atoms with Crippen molar-refractivity contribution < 1.29 is 18.7 Å². The van der Waals surface area contributed by atoms with Crippen LogP contribution in [0.3, 0.4) is 0 Å². The van der Waals surface area contributed by atoms with E-state index in [1.165, 1.54) is 6.26 Å². The van der Waals surface area contributed by atoms with Crippen LogP contribution < -0.4 is 25.4 Å². The molecule has 2 aromatic rings. The van der Waals surface area contributed by atoms with Crippen molar-refractivity contribution in [1.82, 2.24) is 16.0 Å². The van der Waals surface area contributed by atoms with E-state index in [2.05, 4.69) is 20.9 Å². The van der Waals surface area contributed by atoms with Crippen LogP contribution in [0.2, 0.25) is 0 Å². The van der Waals surface area contributed by atoms with Crippen LogP contribution in [-0.4, -0.2) is 52.8 Å². The summed E-state index contributed by atoms with van der Waals surface area (Å²) < 4.78 is 15.6. The second kappa shape index (κ2) is 12.9. The largest absolute Gasteiger partial charge is 0.493 e. The summed E-state index contributed by atoms with van der Waals surface area (Å²) in [5.74, 6) is 2.15. The molecule has 1 aromatic heterocycles. The number of amides is 1. The van der Waals surface area contributed by atoms with E-state index in [1.807, 2.05) is 18.2 Å². The molecule has 0 saturated heterocycles. The third-order valence-electron chi connectivity index (χ3n) is 3.83. The van der Waals surface area contributed by atoms with Gasteiger partial charge in [-0.2, -0.15) is 0 Å². The first-order chi connectivity index (χ1) is 13.2. The molecule has 0 unspecified atom stereocenters. The number of carbonyl (C=O) groups excluding carboxylic acids is 1. The summed E-state index contributed by atoms with van der Waals surface area (Å²) in [7, 11) is 4.94. The molecule has 1 amide bonds. The van der Waals surface area contributed by atoms with Crippen molar-refractivity contribution in [3.8, 4) is 11.5 Å². The first-order valence-electron chi connectivity index (χ1n) is 8.65. The maximum atomic E-state index is 11.7. The lowest BCUT2D eigenvalue weighted by Gasteiger charge is -2.13. The molecule has 0 radical (unpaired) electrons. The van der Waals surface area contributed by atoms with Gasteiger partial charge in [-0.25, -0.2) is 0 Å². The second-order valence-electron chi connectivity index (χ2n) is 5.60. The minimum Gasteiger partial charge on any atom is -0.493 e. The summed E-state index contributed by atoms with van der Waals surface area (Å²) in [4.78, 5) is 15.9. The number of furan rings is 1. The van der Waals surface area contributed by atoms with Crippen molar-refractivity contribution in [2.75, 3.05) is 40.9 Å². The van der Waals surface area contributed by atoms with Gasteiger partial charge in [-0.1, -0.05) is 6.07 Å². The van der Waals surface area contributed by atoms with Gasteiger partial charge in [0.1, 0.15) is 0 Å². The van der Waals surface area contributed by atoms with Crippen LogP contribution in [0.4, 0.5) is 0 Å². The number of benzene rings is 1. The molecule has 2 rings (SSSR count). The average Bonchev–Trinajstić information content (AvgIpc) is 3.24. The Morgan fingerprint density at radius 2 is 1.75 bits per heavy atom. The van der Waals surface area contributed by atoms with Gasteiger partial charge >= 0.3 is 0 Å². The Morgan fingerprint density at radius 3 is 2.39 bits per heavy atom. The van der Waals surface area contributed by atoms with Crippen molar-refractivity contribution >= 4 is 35.8 Å². The number of hydrogen-bond acceptors (Lipinski definition) is 5. The number of rotatable bonds is 9. The summed E-state index contributed by atoms with van der Waals surface area (Å²) in [6.07, 6.45) is 2.27. The molecule has 1 aromatic carbocycles. The first kappa shape index (κ1) is 23.6. The maximum absolute atomic E-state index is 11.7. The Labute approximate surface area is 182 Å². The lowest BCUT2D eigenvalue weighted by Crippen LogP contribution is -2.42. The number of nitrogens with zero attached hydrogens (tertiary/aromatic N) is 1. The molecule has 0 fully saturated rings. The predicted octanol–water partition coefficient (Wildman–Crippen LogP) is 2.05. The fraction of sp³-hybridized carbons (Fsp3) is 0.368. The van der Waals surface area contributed by atoms with Gasteiger partial charge in [0, 0.05) is 26.7 Å². The van der Waals surface area contributed by atoms with Gasteiger partial charge in [-0.05, 0) is 36.2 Å². The maximum Gasteiger partial charge on any atom is 0.287 e. The number of methoxy groups -OCH3 is 2. The summed E-state index contributed by atoms with van der Waals surface area (Å²) in [6, 6.07) is 9.15. The highest BCUT2D eigenvalue weighted by molar-refractivity contribution is 14.0. The lowest BCUT2D eigenvalue weighted by molar-refractivity contribution is 0.0926. The van der Waals surface area contributed by atoms with Crippen LogP contribution in [0.1, 0.15) is 16.1 Å². The van der Waals surface area contributed by atoms with Crippen molar-refractivity contribution in [1.29, 1.82) is 0 Å². The van der Waals surface area contributed by atoms with Crippen molar-refractivity contribution in [2.24, 2.45) is 4.99 Å². The Hall–Kier alpha value is -2.43. The van der Waals surface area contributed by atoms with E-state index in [9.17, 15) is 4.79 Å². The second-order valence-corrected chi connectivity index (χ2v) is 5.60. The fourth-order valence-electron chi connectivity index (χ4n) is 2.43. The average molecular weight is 502 g/mol. The monoisotopic (exact) mass is 502 g/mol. The molecule has 8 nitrogen and oxygen atoms in total. The van der Waals surface area contributed by atoms with Crippen LogP contribution in [0.5, 0.6) is 11.5 Å². The molecular weight excluding hydrogens is 475 g/mol. The molecule has 0 bridgehead atoms. The number of guanidine groups is 1. The minimum atomic E-state index is -0.238. The summed E-state index contributed by atoms with van der Waals surface area (Å²) in [5, 5.41) is 9.15. The molecule has 28 heavy (non-hydrogen) atoms. The molecule has 1 heterocycles. The van der Waals surface area contributed by atoms with E-state index in [-0.39, 0.29) is 29.9 Å².